The van der Waals surface area contributed by atoms with Crippen LogP contribution in [0.25, 0.3) is 0 Å². The zero-order valence-corrected chi connectivity index (χ0v) is 16.7. The van der Waals surface area contributed by atoms with Crippen molar-refractivity contribution in [3.05, 3.63) is 22.8 Å². The minimum Gasteiger partial charge on any atom is -0.459 e. The molecule has 0 aromatic heterocycles. The van der Waals surface area contributed by atoms with E-state index >= 15 is 0 Å². The van der Waals surface area contributed by atoms with Gasteiger partial charge in [0.25, 0.3) is 0 Å². The average Bonchev–Trinajstić information content (AvgIpc) is 2.80. The van der Waals surface area contributed by atoms with Gasteiger partial charge in [0.15, 0.2) is 0 Å². The summed E-state index contributed by atoms with van der Waals surface area (Å²) in [6.07, 6.45) is 4.62. The van der Waals surface area contributed by atoms with Gasteiger partial charge in [-0.25, -0.2) is 9.59 Å². The third-order valence-corrected chi connectivity index (χ3v) is 6.88. The summed E-state index contributed by atoms with van der Waals surface area (Å²) in [5.74, 6) is -0.875. The number of rotatable bonds is 3. The van der Waals surface area contributed by atoms with E-state index in [0.717, 1.165) is 30.4 Å². The van der Waals surface area contributed by atoms with Gasteiger partial charge in [-0.05, 0) is 57.3 Å². The first-order valence-electron chi connectivity index (χ1n) is 9.47. The Morgan fingerprint density at radius 1 is 1.31 bits per heavy atom. The van der Waals surface area contributed by atoms with E-state index < -0.39 is 5.79 Å². The van der Waals surface area contributed by atoms with Crippen LogP contribution in [0.5, 0.6) is 0 Å². The van der Waals surface area contributed by atoms with Crippen LogP contribution in [0.3, 0.4) is 0 Å². The molecule has 2 fully saturated rings. The van der Waals surface area contributed by atoms with E-state index in [1.165, 1.54) is 0 Å². The maximum Gasteiger partial charge on any atom is 0.336 e. The Hall–Kier alpha value is -1.62. The summed E-state index contributed by atoms with van der Waals surface area (Å²) in [5.41, 5.74) is 2.52. The number of carbonyl (C=O) groups excluding carboxylic acids is 2. The molecule has 2 saturated carbocycles. The van der Waals surface area contributed by atoms with Gasteiger partial charge in [-0.1, -0.05) is 19.4 Å². The quantitative estimate of drug-likeness (QED) is 0.562. The van der Waals surface area contributed by atoms with Crippen LogP contribution in [0.15, 0.2) is 22.8 Å². The third-order valence-electron chi connectivity index (χ3n) is 6.88. The van der Waals surface area contributed by atoms with Crippen LogP contribution in [0.1, 0.15) is 60.3 Å². The molecule has 0 saturated heterocycles. The van der Waals surface area contributed by atoms with Crippen LogP contribution >= 0.6 is 0 Å². The summed E-state index contributed by atoms with van der Waals surface area (Å²) in [7, 11) is 1.62. The Kier molecular flexibility index (Phi) is 4.80. The molecule has 0 bridgehead atoms. The normalized spacial score (nSPS) is 39.0. The van der Waals surface area contributed by atoms with Crippen molar-refractivity contribution in [1.82, 2.24) is 0 Å². The topological polar surface area (TPSA) is 61.8 Å². The van der Waals surface area contributed by atoms with Gasteiger partial charge in [0.2, 0.25) is 5.79 Å². The lowest BCUT2D eigenvalue weighted by molar-refractivity contribution is -0.222. The Balaban J connectivity index is 1.86. The van der Waals surface area contributed by atoms with E-state index in [4.69, 9.17) is 14.2 Å². The highest BCUT2D eigenvalue weighted by molar-refractivity contribution is 5.92. The van der Waals surface area contributed by atoms with Gasteiger partial charge in [0, 0.05) is 30.8 Å². The molecule has 3 aliphatic rings. The zero-order chi connectivity index (χ0) is 19.3. The summed E-state index contributed by atoms with van der Waals surface area (Å²) in [4.78, 5) is 24.3. The number of fused-ring (bicyclic) bond motifs is 2. The fourth-order valence-electron chi connectivity index (χ4n) is 5.04. The Morgan fingerprint density at radius 2 is 2.00 bits per heavy atom. The number of esters is 2. The molecule has 0 N–H and O–H groups in total. The molecular formula is C21H30O5. The SMILES string of the molecule is COC12CC3CCC(OC(=O)C=C(C)C)C(C)C3(C)CC1=C(C)C(=O)O2. The first-order chi connectivity index (χ1) is 12.1. The number of hydrogen-bond donors (Lipinski definition) is 0. The van der Waals surface area contributed by atoms with Crippen molar-refractivity contribution in [3.63, 3.8) is 0 Å². The lowest BCUT2D eigenvalue weighted by Gasteiger charge is -2.55. The second-order valence-corrected chi connectivity index (χ2v) is 8.60. The number of carbonyl (C=O) groups is 2. The molecule has 2 aliphatic carbocycles. The molecular weight excluding hydrogens is 332 g/mol. The lowest BCUT2D eigenvalue weighted by Crippen LogP contribution is -2.54. The number of ether oxygens (including phenoxy) is 3. The standard InChI is InChI=1S/C21H30O5/c1-12(2)9-18(22)25-17-8-7-15-10-21(24-6)16(13(3)19(23)26-21)11-20(15,5)14(17)4/h9,14-15,17H,7-8,10-11H2,1-6H3. The first kappa shape index (κ1) is 19.2. The molecule has 5 nitrogen and oxygen atoms in total. The maximum atomic E-state index is 12.2. The molecule has 0 aromatic rings. The zero-order valence-electron chi connectivity index (χ0n) is 16.7. The van der Waals surface area contributed by atoms with Crippen molar-refractivity contribution in [2.24, 2.45) is 17.3 Å². The second kappa shape index (κ2) is 6.52. The summed E-state index contributed by atoms with van der Waals surface area (Å²) in [6.45, 7) is 10.0. The van der Waals surface area contributed by atoms with Crippen molar-refractivity contribution < 1.29 is 23.8 Å². The fourth-order valence-corrected chi connectivity index (χ4v) is 5.04. The summed E-state index contributed by atoms with van der Waals surface area (Å²) < 4.78 is 17.1. The van der Waals surface area contributed by atoms with E-state index in [1.54, 1.807) is 13.2 Å². The second-order valence-electron chi connectivity index (χ2n) is 8.60. The van der Waals surface area contributed by atoms with Gasteiger partial charge in [-0.2, -0.15) is 0 Å². The van der Waals surface area contributed by atoms with Crippen molar-refractivity contribution in [1.29, 1.82) is 0 Å². The number of hydrogen-bond acceptors (Lipinski definition) is 5. The van der Waals surface area contributed by atoms with Crippen molar-refractivity contribution in [2.45, 2.75) is 72.2 Å². The van der Waals surface area contributed by atoms with Crippen LogP contribution in [-0.4, -0.2) is 30.9 Å². The van der Waals surface area contributed by atoms with Gasteiger partial charge < -0.3 is 14.2 Å². The van der Waals surface area contributed by atoms with Gasteiger partial charge >= 0.3 is 11.9 Å². The molecule has 1 aliphatic heterocycles. The lowest BCUT2D eigenvalue weighted by atomic mass is 9.53. The van der Waals surface area contributed by atoms with Crippen molar-refractivity contribution in [2.75, 3.05) is 7.11 Å². The van der Waals surface area contributed by atoms with Gasteiger partial charge in [0.05, 0.1) is 0 Å². The Bertz CT molecular complexity index is 687. The van der Waals surface area contributed by atoms with E-state index in [-0.39, 0.29) is 29.4 Å². The monoisotopic (exact) mass is 362 g/mol. The highest BCUT2D eigenvalue weighted by Crippen LogP contribution is 2.60. The Morgan fingerprint density at radius 3 is 2.62 bits per heavy atom. The molecule has 5 unspecified atom stereocenters. The minimum absolute atomic E-state index is 0.0548. The summed E-state index contributed by atoms with van der Waals surface area (Å²) in [5, 5.41) is 0. The third kappa shape index (κ3) is 2.90. The minimum atomic E-state index is -0.892. The molecule has 26 heavy (non-hydrogen) atoms. The van der Waals surface area contributed by atoms with Gasteiger partial charge in [-0.15, -0.1) is 0 Å². The summed E-state index contributed by atoms with van der Waals surface area (Å²) in [6, 6.07) is 0. The van der Waals surface area contributed by atoms with Gasteiger partial charge in [0.1, 0.15) is 6.10 Å². The molecule has 5 atom stereocenters. The molecule has 5 heteroatoms. The predicted octanol–water partition coefficient (Wildman–Crippen LogP) is 3.93. The number of methoxy groups -OCH3 is 1. The Labute approximate surface area is 155 Å². The van der Waals surface area contributed by atoms with E-state index in [2.05, 4.69) is 13.8 Å². The highest BCUT2D eigenvalue weighted by Gasteiger charge is 2.60. The first-order valence-corrected chi connectivity index (χ1v) is 9.47. The number of allylic oxidation sites excluding steroid dienone is 1. The van der Waals surface area contributed by atoms with Crippen LogP contribution < -0.4 is 0 Å². The van der Waals surface area contributed by atoms with Crippen LogP contribution in [0, 0.1) is 17.3 Å². The van der Waals surface area contributed by atoms with Crippen molar-refractivity contribution >= 4 is 11.9 Å². The van der Waals surface area contributed by atoms with E-state index in [1.807, 2.05) is 20.8 Å². The van der Waals surface area contributed by atoms with Crippen LogP contribution in [0.2, 0.25) is 0 Å². The highest BCUT2D eigenvalue weighted by atomic mass is 16.7. The smallest absolute Gasteiger partial charge is 0.336 e. The molecule has 0 aromatic carbocycles. The van der Waals surface area contributed by atoms with Crippen LogP contribution in [-0.2, 0) is 23.8 Å². The molecule has 0 amide bonds. The maximum absolute atomic E-state index is 12.2. The fraction of sp³-hybridized carbons (Fsp3) is 0.714. The van der Waals surface area contributed by atoms with E-state index in [9.17, 15) is 9.59 Å². The molecule has 3 rings (SSSR count). The van der Waals surface area contributed by atoms with Crippen LogP contribution in [0.4, 0.5) is 0 Å². The summed E-state index contributed by atoms with van der Waals surface area (Å²) >= 11 is 0. The molecule has 1 heterocycles. The van der Waals surface area contributed by atoms with Crippen molar-refractivity contribution in [3.8, 4) is 0 Å². The van der Waals surface area contributed by atoms with Gasteiger partial charge in [-0.3, -0.25) is 0 Å². The molecule has 0 spiro atoms. The average molecular weight is 362 g/mol. The largest absolute Gasteiger partial charge is 0.459 e. The van der Waals surface area contributed by atoms with E-state index in [0.29, 0.717) is 17.9 Å². The molecule has 0 radical (unpaired) electrons. The molecule has 144 valence electrons. The predicted molar refractivity (Wildman–Crippen MR) is 97.1 cm³/mol.